The van der Waals surface area contributed by atoms with E-state index in [1.54, 1.807) is 19.4 Å². The maximum atomic E-state index is 13.0. The molecule has 1 aromatic carbocycles. The van der Waals surface area contributed by atoms with E-state index in [4.69, 9.17) is 28.3 Å². The van der Waals surface area contributed by atoms with Crippen LogP contribution in [-0.2, 0) is 13.1 Å². The molecule has 7 nitrogen and oxygen atoms in total. The van der Waals surface area contributed by atoms with Gasteiger partial charge in [-0.15, -0.1) is 0 Å². The van der Waals surface area contributed by atoms with Crippen molar-refractivity contribution in [3.63, 3.8) is 0 Å². The molecule has 1 amide bonds. The third-order valence-corrected chi connectivity index (χ3v) is 4.99. The van der Waals surface area contributed by atoms with Gasteiger partial charge in [0.15, 0.2) is 5.75 Å². The van der Waals surface area contributed by atoms with E-state index >= 15 is 0 Å². The molecule has 1 aliphatic rings. The van der Waals surface area contributed by atoms with Gasteiger partial charge < -0.3 is 15.0 Å². The molecule has 0 fully saturated rings. The molecule has 0 unspecified atom stereocenters. The van der Waals surface area contributed by atoms with Crippen LogP contribution in [0.25, 0.3) is 10.9 Å². The molecule has 1 aliphatic heterocycles. The third-order valence-electron chi connectivity index (χ3n) is 4.99. The Kier molecular flexibility index (Phi) is 4.60. The van der Waals surface area contributed by atoms with E-state index < -0.39 is 5.24 Å². The fraction of sp³-hybridized carbons (Fsp3) is 0.316. The fourth-order valence-corrected chi connectivity index (χ4v) is 3.69. The number of hydrogen-bond donors (Lipinski definition) is 1. The van der Waals surface area contributed by atoms with Crippen LogP contribution in [0.5, 0.6) is 5.75 Å². The van der Waals surface area contributed by atoms with Gasteiger partial charge >= 0.3 is 0 Å². The van der Waals surface area contributed by atoms with Crippen molar-refractivity contribution in [1.82, 2.24) is 19.7 Å². The van der Waals surface area contributed by atoms with Crippen LogP contribution in [0, 0.1) is 6.92 Å². The van der Waals surface area contributed by atoms with Crippen LogP contribution in [0.2, 0.25) is 0 Å². The van der Waals surface area contributed by atoms with Crippen LogP contribution in [0.1, 0.15) is 28.7 Å². The van der Waals surface area contributed by atoms with Crippen LogP contribution in [0.4, 0.5) is 11.4 Å². The predicted octanol–water partition coefficient (Wildman–Crippen LogP) is 1.58. The van der Waals surface area contributed by atoms with E-state index in [1.807, 2.05) is 30.7 Å². The summed E-state index contributed by atoms with van der Waals surface area (Å²) >= 11 is 0. The van der Waals surface area contributed by atoms with Crippen molar-refractivity contribution < 1.29 is 9.53 Å². The van der Waals surface area contributed by atoms with Crippen molar-refractivity contribution in [2.75, 3.05) is 12.4 Å². The molecule has 6 radical (unpaired) electrons. The molecule has 0 atom stereocenters. The molecule has 4 rings (SSSR count). The molecule has 10 heteroatoms. The molecule has 0 aliphatic carbocycles. The van der Waals surface area contributed by atoms with Gasteiger partial charge in [-0.2, -0.15) is 5.10 Å². The smallest absolute Gasteiger partial charge is 0.256 e. The number of nitrogens with one attached hydrogen (secondary N) is 1. The van der Waals surface area contributed by atoms with Crippen molar-refractivity contribution in [2.45, 2.75) is 32.2 Å². The molecule has 2 aromatic heterocycles. The van der Waals surface area contributed by atoms with E-state index in [9.17, 15) is 4.79 Å². The first-order valence-electron chi connectivity index (χ1n) is 9.23. The van der Waals surface area contributed by atoms with Gasteiger partial charge in [-0.25, -0.2) is 0 Å². The minimum atomic E-state index is -1.77. The van der Waals surface area contributed by atoms with Gasteiger partial charge in [0.25, 0.3) is 5.91 Å². The number of aromatic nitrogens is 3. The minimum Gasteiger partial charge on any atom is -0.492 e. The average molecular weight is 381 g/mol. The number of methoxy groups -OCH3 is 1. The van der Waals surface area contributed by atoms with E-state index in [1.165, 1.54) is 4.90 Å². The Balaban J connectivity index is 1.82. The summed E-state index contributed by atoms with van der Waals surface area (Å²) in [4.78, 5) is 18.6. The number of benzene rings is 1. The number of fused-ring (bicyclic) bond motifs is 2. The first-order chi connectivity index (χ1) is 13.7. The topological polar surface area (TPSA) is 72.3 Å². The second-order valence-electron chi connectivity index (χ2n) is 7.08. The largest absolute Gasteiger partial charge is 0.492 e. The van der Waals surface area contributed by atoms with Crippen LogP contribution >= 0.6 is 0 Å². The second-order valence-corrected chi connectivity index (χ2v) is 7.08. The monoisotopic (exact) mass is 381 g/mol. The highest BCUT2D eigenvalue weighted by molar-refractivity contribution is 6.60. The maximum Gasteiger partial charge on any atom is 0.256 e. The van der Waals surface area contributed by atoms with Gasteiger partial charge in [0.1, 0.15) is 5.52 Å². The third kappa shape index (κ3) is 3.16. The molecule has 29 heavy (non-hydrogen) atoms. The Morgan fingerprint density at radius 1 is 1.28 bits per heavy atom. The standard InChI is InChI=1S/C19H18B3N5O2/c1-4-27-16-11(8-23-27)5-6-12(17(16)29-3)25-13-7-10(2)24-14-9-26(19(20,21)22)18(28)15(13)14/h5-8H,4,9H2,1-3H3,(H,24,25). The number of aryl methyl sites for hydroxylation is 2. The zero-order chi connectivity index (χ0) is 20.9. The molecule has 3 heterocycles. The SMILES string of the molecule is [B]C([B])([B])N1Cc2nc(C)cc(Nc3ccc4cnn(CC)c4c3OC)c2C1=O. The summed E-state index contributed by atoms with van der Waals surface area (Å²) in [7, 11) is 18.9. The lowest BCUT2D eigenvalue weighted by molar-refractivity contribution is 0.0773. The molecular formula is C19H18B3N5O2. The summed E-state index contributed by atoms with van der Waals surface area (Å²) in [5.41, 5.74) is 3.88. The Hall–Kier alpha value is -2.90. The molecule has 0 saturated carbocycles. The first kappa shape index (κ1) is 19.4. The summed E-state index contributed by atoms with van der Waals surface area (Å²) in [6.07, 6.45) is 1.80. The van der Waals surface area contributed by atoms with Gasteiger partial charge in [-0.3, -0.25) is 14.5 Å². The van der Waals surface area contributed by atoms with Crippen molar-refractivity contribution in [3.8, 4) is 5.75 Å². The van der Waals surface area contributed by atoms with Gasteiger partial charge in [0, 0.05) is 17.6 Å². The number of anilines is 2. The first-order valence-corrected chi connectivity index (χ1v) is 9.23. The van der Waals surface area contributed by atoms with Gasteiger partial charge in [0.2, 0.25) is 0 Å². The summed E-state index contributed by atoms with van der Waals surface area (Å²) in [5, 5.41) is 6.91. The molecule has 0 spiro atoms. The van der Waals surface area contributed by atoms with Crippen LogP contribution < -0.4 is 10.1 Å². The number of rotatable bonds is 5. The fourth-order valence-electron chi connectivity index (χ4n) is 3.69. The Morgan fingerprint density at radius 2 is 2.03 bits per heavy atom. The lowest BCUT2D eigenvalue weighted by Gasteiger charge is -2.33. The minimum absolute atomic E-state index is 0.146. The van der Waals surface area contributed by atoms with E-state index in [2.05, 4.69) is 15.4 Å². The molecular weight excluding hydrogens is 363 g/mol. The lowest BCUT2D eigenvalue weighted by Crippen LogP contribution is -2.50. The molecule has 0 saturated heterocycles. The highest BCUT2D eigenvalue weighted by atomic mass is 16.5. The highest BCUT2D eigenvalue weighted by Crippen LogP contribution is 2.38. The van der Waals surface area contributed by atoms with Gasteiger partial charge in [0.05, 0.1) is 66.0 Å². The normalized spacial score (nSPS) is 13.8. The lowest BCUT2D eigenvalue weighted by atomic mass is 9.48. The van der Waals surface area contributed by atoms with E-state index in [0.717, 1.165) is 16.6 Å². The maximum absolute atomic E-state index is 13.0. The van der Waals surface area contributed by atoms with Crippen molar-refractivity contribution in [1.29, 1.82) is 0 Å². The number of carbonyl (C=O) groups excluding carboxylic acids is 1. The van der Waals surface area contributed by atoms with Gasteiger partial charge in [-0.05, 0) is 32.0 Å². The molecule has 140 valence electrons. The number of ether oxygens (including phenoxy) is 1. The van der Waals surface area contributed by atoms with Crippen LogP contribution in [0.3, 0.4) is 0 Å². The summed E-state index contributed by atoms with van der Waals surface area (Å²) in [6, 6.07) is 5.64. The molecule has 0 bridgehead atoms. The van der Waals surface area contributed by atoms with Gasteiger partial charge in [-0.1, -0.05) is 5.24 Å². The van der Waals surface area contributed by atoms with Crippen molar-refractivity contribution in [3.05, 3.63) is 41.3 Å². The van der Waals surface area contributed by atoms with Crippen molar-refractivity contribution in [2.24, 2.45) is 0 Å². The number of nitrogens with zero attached hydrogens (tertiary/aromatic N) is 4. The molecule has 3 aromatic rings. The van der Waals surface area contributed by atoms with E-state index in [0.29, 0.717) is 34.9 Å². The number of carbonyl (C=O) groups is 1. The van der Waals surface area contributed by atoms with Crippen LogP contribution in [0.15, 0.2) is 24.4 Å². The van der Waals surface area contributed by atoms with Crippen LogP contribution in [-0.4, -0.2) is 61.5 Å². The average Bonchev–Trinajstić information content (AvgIpc) is 3.22. The zero-order valence-corrected chi connectivity index (χ0v) is 16.6. The van der Waals surface area contributed by atoms with E-state index in [-0.39, 0.29) is 12.5 Å². The zero-order valence-electron chi connectivity index (χ0n) is 16.6. The number of hydrogen-bond acceptors (Lipinski definition) is 5. The number of pyridine rings is 1. The quantitative estimate of drug-likeness (QED) is 0.680. The molecule has 1 N–H and O–H groups in total. The highest BCUT2D eigenvalue weighted by Gasteiger charge is 2.37. The second kappa shape index (κ2) is 6.86. The Labute approximate surface area is 173 Å². The summed E-state index contributed by atoms with van der Waals surface area (Å²) in [5.74, 6) is 0.263. The Bertz CT molecular complexity index is 1120. The Morgan fingerprint density at radius 3 is 2.69 bits per heavy atom. The predicted molar refractivity (Wildman–Crippen MR) is 114 cm³/mol. The summed E-state index contributed by atoms with van der Waals surface area (Å²) < 4.78 is 7.55. The van der Waals surface area contributed by atoms with Crippen molar-refractivity contribution >= 4 is 51.7 Å². The summed E-state index contributed by atoms with van der Waals surface area (Å²) in [6.45, 7) is 4.71. The number of amides is 1.